The third-order valence-electron chi connectivity index (χ3n) is 3.49. The first kappa shape index (κ1) is 15.6. The summed E-state index contributed by atoms with van der Waals surface area (Å²) >= 11 is 0. The fraction of sp³-hybridized carbons (Fsp3) is 0.0588. The fourth-order valence-corrected chi connectivity index (χ4v) is 2.33. The number of nitrogens with one attached hydrogen (secondary N) is 2. The summed E-state index contributed by atoms with van der Waals surface area (Å²) < 4.78 is 5.25. The molecule has 0 saturated heterocycles. The summed E-state index contributed by atoms with van der Waals surface area (Å²) in [6, 6.07) is 14.5. The number of amides is 1. The molecule has 0 atom stereocenters. The van der Waals surface area contributed by atoms with Crippen LogP contribution in [0.4, 0.5) is 0 Å². The van der Waals surface area contributed by atoms with E-state index in [1.54, 1.807) is 18.3 Å². The predicted molar refractivity (Wildman–Crippen MR) is 88.9 cm³/mol. The van der Waals surface area contributed by atoms with Crippen molar-refractivity contribution in [2.75, 3.05) is 6.61 Å². The topological polar surface area (TPSA) is 113 Å². The van der Waals surface area contributed by atoms with Crippen molar-refractivity contribution in [2.24, 2.45) is 5.84 Å². The van der Waals surface area contributed by atoms with E-state index in [2.05, 4.69) is 10.2 Å². The number of aromatic amines is 1. The fourth-order valence-electron chi connectivity index (χ4n) is 2.33. The molecule has 1 amide bonds. The molecular formula is C17H16N4O3. The van der Waals surface area contributed by atoms with Crippen LogP contribution in [0.15, 0.2) is 54.7 Å². The van der Waals surface area contributed by atoms with Gasteiger partial charge in [-0.1, -0.05) is 30.3 Å². The van der Waals surface area contributed by atoms with E-state index in [-0.39, 0.29) is 12.4 Å². The first-order valence-corrected chi connectivity index (χ1v) is 7.23. The van der Waals surface area contributed by atoms with E-state index in [0.717, 1.165) is 11.1 Å². The Morgan fingerprint density at radius 3 is 2.71 bits per heavy atom. The molecule has 24 heavy (non-hydrogen) atoms. The highest BCUT2D eigenvalue weighted by Gasteiger charge is 2.14. The monoisotopic (exact) mass is 324 g/mol. The number of hydrogen-bond acceptors (Lipinski definition) is 5. The maximum atomic E-state index is 11.1. The third-order valence-corrected chi connectivity index (χ3v) is 3.49. The molecule has 0 spiro atoms. The molecule has 0 aliphatic carbocycles. The van der Waals surface area contributed by atoms with E-state index in [4.69, 9.17) is 10.6 Å². The lowest BCUT2D eigenvalue weighted by atomic mass is 10.0. The highest BCUT2D eigenvalue weighted by molar-refractivity contribution is 5.83. The molecular weight excluding hydrogens is 308 g/mol. The van der Waals surface area contributed by atoms with Gasteiger partial charge < -0.3 is 9.84 Å². The Kier molecular flexibility index (Phi) is 4.44. The number of phenolic OH excluding ortho intramolecular Hbond substituents is 1. The number of nitrogens with zero attached hydrogens (tertiary/aromatic N) is 1. The number of H-pyrrole nitrogens is 1. The molecule has 0 fully saturated rings. The van der Waals surface area contributed by atoms with E-state index in [9.17, 15) is 9.90 Å². The number of ether oxygens (including phenoxy) is 1. The van der Waals surface area contributed by atoms with Crippen LogP contribution in [-0.4, -0.2) is 27.8 Å². The van der Waals surface area contributed by atoms with Crippen LogP contribution in [0.5, 0.6) is 11.5 Å². The van der Waals surface area contributed by atoms with Gasteiger partial charge in [0, 0.05) is 17.2 Å². The van der Waals surface area contributed by atoms with Crippen LogP contribution in [0.3, 0.4) is 0 Å². The lowest BCUT2D eigenvalue weighted by Crippen LogP contribution is -2.34. The number of rotatable bonds is 5. The van der Waals surface area contributed by atoms with Crippen molar-refractivity contribution in [3.8, 4) is 33.9 Å². The Bertz CT molecular complexity index is 846. The van der Waals surface area contributed by atoms with E-state index in [1.165, 1.54) is 6.07 Å². The van der Waals surface area contributed by atoms with Gasteiger partial charge in [0.15, 0.2) is 6.61 Å². The molecule has 5 N–H and O–H groups in total. The van der Waals surface area contributed by atoms with Gasteiger partial charge in [-0.25, -0.2) is 5.84 Å². The Balaban J connectivity index is 1.89. The summed E-state index contributed by atoms with van der Waals surface area (Å²) in [6.45, 7) is -0.228. The number of aromatic hydroxyl groups is 1. The molecule has 122 valence electrons. The summed E-state index contributed by atoms with van der Waals surface area (Å²) in [5.41, 5.74) is 5.12. The minimum absolute atomic E-state index is 0.0158. The van der Waals surface area contributed by atoms with E-state index < -0.39 is 5.91 Å². The summed E-state index contributed by atoms with van der Waals surface area (Å²) in [5.74, 6) is 4.90. The molecule has 7 heteroatoms. The molecule has 3 aromatic rings. The standard InChI is InChI=1S/C17H16N4O3/c18-20-16(23)10-24-12-6-7-13(15(22)8-12)17-14(9-19-21-17)11-4-2-1-3-5-11/h1-9,22H,10,18H2,(H,19,21)(H,20,23). The predicted octanol–water partition coefficient (Wildman–Crippen LogP) is 1.82. The summed E-state index contributed by atoms with van der Waals surface area (Å²) in [6.07, 6.45) is 1.71. The lowest BCUT2D eigenvalue weighted by Gasteiger charge is -2.09. The summed E-state index contributed by atoms with van der Waals surface area (Å²) in [5, 5.41) is 17.3. The highest BCUT2D eigenvalue weighted by atomic mass is 16.5. The first-order chi connectivity index (χ1) is 11.7. The van der Waals surface area contributed by atoms with Gasteiger partial charge in [-0.2, -0.15) is 5.10 Å². The quantitative estimate of drug-likeness (QED) is 0.325. The summed E-state index contributed by atoms with van der Waals surface area (Å²) in [4.78, 5) is 11.1. The molecule has 0 aliphatic rings. The summed E-state index contributed by atoms with van der Waals surface area (Å²) in [7, 11) is 0. The molecule has 0 bridgehead atoms. The molecule has 2 aromatic carbocycles. The van der Waals surface area contributed by atoms with Gasteiger partial charge >= 0.3 is 0 Å². The van der Waals surface area contributed by atoms with Crippen LogP contribution in [0.25, 0.3) is 22.4 Å². The van der Waals surface area contributed by atoms with Crippen LogP contribution < -0.4 is 16.0 Å². The van der Waals surface area contributed by atoms with Crippen molar-refractivity contribution in [3.05, 3.63) is 54.7 Å². The van der Waals surface area contributed by atoms with Crippen molar-refractivity contribution < 1.29 is 14.6 Å². The third kappa shape index (κ3) is 3.21. The molecule has 3 rings (SSSR count). The minimum atomic E-state index is -0.460. The van der Waals surface area contributed by atoms with E-state index in [0.29, 0.717) is 17.0 Å². The number of nitrogens with two attached hydrogens (primary N) is 1. The average molecular weight is 324 g/mol. The van der Waals surface area contributed by atoms with Gasteiger partial charge in [0.25, 0.3) is 5.91 Å². The number of aromatic nitrogens is 2. The van der Waals surface area contributed by atoms with Crippen molar-refractivity contribution in [1.29, 1.82) is 0 Å². The number of carbonyl (C=O) groups excluding carboxylic acids is 1. The SMILES string of the molecule is NNC(=O)COc1ccc(-c2[nH]ncc2-c2ccccc2)c(O)c1. The largest absolute Gasteiger partial charge is 0.507 e. The van der Waals surface area contributed by atoms with Gasteiger partial charge in [-0.05, 0) is 17.7 Å². The van der Waals surface area contributed by atoms with Gasteiger partial charge in [-0.3, -0.25) is 15.3 Å². The minimum Gasteiger partial charge on any atom is -0.507 e. The zero-order chi connectivity index (χ0) is 16.9. The van der Waals surface area contributed by atoms with E-state index >= 15 is 0 Å². The lowest BCUT2D eigenvalue weighted by molar-refractivity contribution is -0.123. The second kappa shape index (κ2) is 6.84. The number of benzene rings is 2. The van der Waals surface area contributed by atoms with Crippen molar-refractivity contribution in [2.45, 2.75) is 0 Å². The first-order valence-electron chi connectivity index (χ1n) is 7.23. The number of carbonyl (C=O) groups is 1. The second-order valence-corrected chi connectivity index (χ2v) is 5.06. The number of phenols is 1. The maximum Gasteiger partial charge on any atom is 0.271 e. The van der Waals surface area contributed by atoms with Crippen LogP contribution in [0.1, 0.15) is 0 Å². The Labute approximate surface area is 138 Å². The van der Waals surface area contributed by atoms with Crippen LogP contribution in [0.2, 0.25) is 0 Å². The molecule has 0 radical (unpaired) electrons. The van der Waals surface area contributed by atoms with Crippen molar-refractivity contribution in [1.82, 2.24) is 15.6 Å². The normalized spacial score (nSPS) is 10.4. The molecule has 1 aromatic heterocycles. The van der Waals surface area contributed by atoms with Crippen LogP contribution in [-0.2, 0) is 4.79 Å². The van der Waals surface area contributed by atoms with Crippen LogP contribution in [0, 0.1) is 0 Å². The Hall–Kier alpha value is -3.32. The Morgan fingerprint density at radius 2 is 2.00 bits per heavy atom. The average Bonchev–Trinajstić information content (AvgIpc) is 3.10. The Morgan fingerprint density at radius 1 is 1.21 bits per heavy atom. The second-order valence-electron chi connectivity index (χ2n) is 5.06. The maximum absolute atomic E-state index is 11.1. The molecule has 0 aliphatic heterocycles. The zero-order valence-electron chi connectivity index (χ0n) is 12.7. The van der Waals surface area contributed by atoms with Gasteiger partial charge in [0.05, 0.1) is 11.9 Å². The highest BCUT2D eigenvalue weighted by Crippen LogP contribution is 2.36. The van der Waals surface area contributed by atoms with Gasteiger partial charge in [0.2, 0.25) is 0 Å². The molecule has 0 saturated carbocycles. The van der Waals surface area contributed by atoms with Crippen molar-refractivity contribution in [3.63, 3.8) is 0 Å². The zero-order valence-corrected chi connectivity index (χ0v) is 12.7. The number of hydrazine groups is 1. The molecule has 0 unspecified atom stereocenters. The number of hydrogen-bond donors (Lipinski definition) is 4. The molecule has 1 heterocycles. The van der Waals surface area contributed by atoms with Gasteiger partial charge in [0.1, 0.15) is 11.5 Å². The van der Waals surface area contributed by atoms with Gasteiger partial charge in [-0.15, -0.1) is 0 Å². The van der Waals surface area contributed by atoms with Crippen LogP contribution >= 0.6 is 0 Å². The molecule has 7 nitrogen and oxygen atoms in total. The van der Waals surface area contributed by atoms with Crippen molar-refractivity contribution >= 4 is 5.91 Å². The van der Waals surface area contributed by atoms with E-state index in [1.807, 2.05) is 35.8 Å². The smallest absolute Gasteiger partial charge is 0.271 e.